The van der Waals surface area contributed by atoms with Crippen molar-refractivity contribution in [3.63, 3.8) is 0 Å². The van der Waals surface area contributed by atoms with Crippen LogP contribution in [0.1, 0.15) is 25.7 Å². The van der Waals surface area contributed by atoms with Gasteiger partial charge in [-0.1, -0.05) is 0 Å². The van der Waals surface area contributed by atoms with Crippen LogP contribution in [-0.4, -0.2) is 231 Å². The fraction of sp³-hybridized carbons (Fsp3) is 0.912. The maximum atomic E-state index is 9.88. The van der Waals surface area contributed by atoms with E-state index in [0.29, 0.717) is 58.7 Å². The van der Waals surface area contributed by atoms with Gasteiger partial charge in [-0.25, -0.2) is 4.89 Å². The van der Waals surface area contributed by atoms with Crippen molar-refractivity contribution in [2.24, 2.45) is 14.3 Å². The minimum absolute atomic E-state index is 0.136. The monoisotopic (exact) mass is 931 g/mol. The first-order valence-electron chi connectivity index (χ1n) is 20.5. The summed E-state index contributed by atoms with van der Waals surface area (Å²) < 4.78 is 81.7. The normalized spacial score (nSPS) is 29.1. The summed E-state index contributed by atoms with van der Waals surface area (Å²) in [6.07, 6.45) is 0.265. The smallest absolute Gasteiger partial charge is 0.313 e. The molecule has 1 N–H and O–H groups in total. The van der Waals surface area contributed by atoms with Crippen LogP contribution in [0.3, 0.4) is 0 Å². The Kier molecular flexibility index (Phi) is 20.1. The van der Waals surface area contributed by atoms with Crippen molar-refractivity contribution in [1.29, 1.82) is 0 Å². The van der Waals surface area contributed by atoms with E-state index in [2.05, 4.69) is 29.4 Å². The van der Waals surface area contributed by atoms with E-state index in [-0.39, 0.29) is 47.2 Å². The van der Waals surface area contributed by atoms with Gasteiger partial charge in [-0.05, 0) is 6.42 Å². The van der Waals surface area contributed by atoms with Crippen molar-refractivity contribution < 1.29 is 60.5 Å². The Labute approximate surface area is 359 Å². The van der Waals surface area contributed by atoms with Crippen LogP contribution < -0.4 is 0 Å². The summed E-state index contributed by atoms with van der Waals surface area (Å²) in [5.74, 6) is 2.39. The summed E-state index contributed by atoms with van der Waals surface area (Å²) >= 11 is 0. The number of likely N-dealkylation sites (N-methyl/N-ethyl adjacent to an activating group) is 6. The van der Waals surface area contributed by atoms with E-state index < -0.39 is 43.9 Å². The van der Waals surface area contributed by atoms with Crippen molar-refractivity contribution in [3.05, 3.63) is 0 Å². The summed E-state index contributed by atoms with van der Waals surface area (Å²) in [6.45, 7) is 7.55. The van der Waals surface area contributed by atoms with E-state index in [1.54, 1.807) is 7.11 Å². The third-order valence-electron chi connectivity index (χ3n) is 10.6. The molecule has 7 unspecified atom stereocenters. The highest BCUT2D eigenvalue weighted by molar-refractivity contribution is 7.46. The Morgan fingerprint density at radius 2 is 0.967 bits per heavy atom. The molecule has 0 aromatic heterocycles. The number of nitrogens with zero attached hydrogens (tertiary/aromatic N) is 9. The quantitative estimate of drug-likeness (QED) is 0.0643. The lowest BCUT2D eigenvalue weighted by atomic mass is 10.2. The van der Waals surface area contributed by atoms with Crippen LogP contribution in [0.5, 0.6) is 0 Å². The second-order valence-corrected chi connectivity index (χ2v) is 19.3. The zero-order valence-electron chi connectivity index (χ0n) is 35.9. The van der Waals surface area contributed by atoms with Gasteiger partial charge in [-0.3, -0.25) is 0 Å². The number of guanidine groups is 3. The van der Waals surface area contributed by atoms with E-state index in [1.807, 2.05) is 42.3 Å². The number of ether oxygens (including phenoxy) is 3. The highest BCUT2D eigenvalue weighted by Crippen LogP contribution is 2.49. The summed E-state index contributed by atoms with van der Waals surface area (Å²) in [5, 5.41) is 9.88. The van der Waals surface area contributed by atoms with Crippen LogP contribution in [-0.2, 0) is 55.4 Å². The summed E-state index contributed by atoms with van der Waals surface area (Å²) in [4.78, 5) is 17.7. The molecule has 22 nitrogen and oxygen atoms in total. The molecule has 10 atom stereocenters. The largest absolute Gasteiger partial charge is 0.394 e. The van der Waals surface area contributed by atoms with E-state index in [9.17, 15) is 5.11 Å². The van der Waals surface area contributed by atoms with Gasteiger partial charge in [0.05, 0.1) is 51.3 Å². The minimum Gasteiger partial charge on any atom is -0.394 e. The molecule has 6 fully saturated rings. The second kappa shape index (κ2) is 24.9. The third kappa shape index (κ3) is 14.0. The molecular formula is C34H65N9O13P4. The van der Waals surface area contributed by atoms with Crippen molar-refractivity contribution in [3.8, 4) is 0 Å². The predicted octanol–water partition coefficient (Wildman–Crippen LogP) is 2.42. The maximum Gasteiger partial charge on any atom is 0.313 e. The third-order valence-corrected chi connectivity index (χ3v) is 14.5. The predicted molar refractivity (Wildman–Crippen MR) is 228 cm³/mol. The van der Waals surface area contributed by atoms with Gasteiger partial charge in [0.2, 0.25) is 17.9 Å². The zero-order chi connectivity index (χ0) is 42.4. The molecule has 6 aliphatic rings. The molecule has 0 aromatic carbocycles. The van der Waals surface area contributed by atoms with Crippen LogP contribution in [0.2, 0.25) is 0 Å². The SMILES string of the molecule is COPOOCCCOP(N=C1N(C)CCN1C)O[C@@H]1CCOC1COP(N=C1N(C)CCN1C)O[C@@H]1CCOC1COP(N=C1N(C)CCN1C)O[C@@H]1CCOC1CO. The van der Waals surface area contributed by atoms with E-state index >= 15 is 0 Å². The molecule has 0 aromatic rings. The van der Waals surface area contributed by atoms with Crippen LogP contribution in [0.25, 0.3) is 0 Å². The molecule has 6 rings (SSSR count). The van der Waals surface area contributed by atoms with Gasteiger partial charge in [0.15, 0.2) is 9.03 Å². The molecule has 0 radical (unpaired) electrons. The maximum absolute atomic E-state index is 9.88. The standard InChI is InChI=1S/C34H65N9O13P4/c1-38-12-13-39(2)32(38)35-58(50-19-8-18-49-56-57-45-7)54-27-10-21-47-30(27)24-52-60(37-34-42(5)16-17-43(34)6)55-28-11-22-48-31(28)25-51-59(36-33-40(3)14-15-41(33)4)53-26-9-20-46-29(26)23-44/h26-31,44,57H,8-25H2,1-7H3/t26-,27-,28-,29?,30?,31?,58?,59?,60?/m1/s1. The van der Waals surface area contributed by atoms with E-state index in [4.69, 9.17) is 69.7 Å². The van der Waals surface area contributed by atoms with Gasteiger partial charge in [0.1, 0.15) is 18.3 Å². The molecule has 6 aliphatic heterocycles. The Morgan fingerprint density at radius 3 is 1.37 bits per heavy atom. The van der Waals surface area contributed by atoms with Gasteiger partial charge in [-0.2, -0.15) is 19.0 Å². The van der Waals surface area contributed by atoms with Crippen molar-refractivity contribution >= 4 is 52.5 Å². The lowest BCUT2D eigenvalue weighted by Crippen LogP contribution is -2.32. The molecule has 344 valence electrons. The van der Waals surface area contributed by atoms with Gasteiger partial charge in [-0.15, -0.1) is 0 Å². The van der Waals surface area contributed by atoms with Gasteiger partial charge < -0.3 is 80.4 Å². The van der Waals surface area contributed by atoms with E-state index in [1.165, 1.54) is 0 Å². The van der Waals surface area contributed by atoms with Gasteiger partial charge in [0, 0.05) is 128 Å². The number of aliphatic hydroxyl groups excluding tert-OH is 1. The molecule has 0 spiro atoms. The fourth-order valence-electron chi connectivity index (χ4n) is 7.01. The lowest BCUT2D eigenvalue weighted by molar-refractivity contribution is -0.203. The topological polar surface area (TPSA) is 188 Å². The molecule has 6 heterocycles. The summed E-state index contributed by atoms with van der Waals surface area (Å²) in [7, 11) is 8.17. The first-order chi connectivity index (χ1) is 29.1. The van der Waals surface area contributed by atoms with Crippen LogP contribution >= 0.6 is 34.6 Å². The molecule has 6 saturated heterocycles. The Hall–Kier alpha value is -0.990. The van der Waals surface area contributed by atoms with Crippen LogP contribution in [0, 0.1) is 0 Å². The average Bonchev–Trinajstić information content (AvgIpc) is 4.12. The molecule has 0 bridgehead atoms. The highest BCUT2D eigenvalue weighted by Gasteiger charge is 2.39. The Bertz CT molecular complexity index is 1370. The Morgan fingerprint density at radius 1 is 0.583 bits per heavy atom. The van der Waals surface area contributed by atoms with Gasteiger partial charge in [0.25, 0.3) is 0 Å². The average molecular weight is 932 g/mol. The Balaban J connectivity index is 1.10. The first kappa shape index (κ1) is 48.5. The highest BCUT2D eigenvalue weighted by atomic mass is 31.2. The number of hydrogen-bond donors (Lipinski definition) is 1. The second-order valence-electron chi connectivity index (χ2n) is 15.1. The van der Waals surface area contributed by atoms with Gasteiger partial charge >= 0.3 is 25.6 Å². The van der Waals surface area contributed by atoms with Crippen molar-refractivity contribution in [2.45, 2.75) is 62.3 Å². The van der Waals surface area contributed by atoms with E-state index in [0.717, 1.165) is 57.1 Å². The first-order valence-corrected chi connectivity index (χ1v) is 24.7. The molecule has 0 aliphatic carbocycles. The minimum atomic E-state index is -1.81. The zero-order valence-corrected chi connectivity index (χ0v) is 39.6. The van der Waals surface area contributed by atoms with Crippen molar-refractivity contribution in [2.75, 3.05) is 142 Å². The lowest BCUT2D eigenvalue weighted by Gasteiger charge is -2.27. The molecular weight excluding hydrogens is 866 g/mol. The number of aliphatic hydroxyl groups is 1. The van der Waals surface area contributed by atoms with Crippen LogP contribution in [0.4, 0.5) is 0 Å². The molecule has 0 saturated carbocycles. The molecule has 26 heteroatoms. The summed E-state index contributed by atoms with van der Waals surface area (Å²) in [6, 6.07) is 0. The van der Waals surface area contributed by atoms with Crippen LogP contribution in [0.15, 0.2) is 14.3 Å². The van der Waals surface area contributed by atoms with Crippen molar-refractivity contribution in [1.82, 2.24) is 29.4 Å². The summed E-state index contributed by atoms with van der Waals surface area (Å²) in [5.41, 5.74) is 0. The fourth-order valence-corrected chi connectivity index (χ4v) is 11.3. The number of hydrogen-bond acceptors (Lipinski definition) is 16. The molecule has 60 heavy (non-hydrogen) atoms. The number of rotatable bonds is 24. The molecule has 0 amide bonds.